The number of sulfonamides is 1. The first-order chi connectivity index (χ1) is 11.8. The Hall–Kier alpha value is -1.44. The second kappa shape index (κ2) is 8.78. The van der Waals surface area contributed by atoms with Crippen molar-refractivity contribution < 1.29 is 13.2 Å². The van der Waals surface area contributed by atoms with Gasteiger partial charge in [-0.3, -0.25) is 4.79 Å². The topological polar surface area (TPSA) is 69.7 Å². The third-order valence-electron chi connectivity index (χ3n) is 4.55. The Morgan fingerprint density at radius 1 is 1.36 bits per heavy atom. The Balaban J connectivity index is 1.85. The van der Waals surface area contributed by atoms with Gasteiger partial charge >= 0.3 is 0 Å². The summed E-state index contributed by atoms with van der Waals surface area (Å²) in [5, 5.41) is 2.88. The quantitative estimate of drug-likeness (QED) is 0.746. The first-order valence-corrected chi connectivity index (χ1v) is 10.3. The van der Waals surface area contributed by atoms with E-state index < -0.39 is 10.0 Å². The van der Waals surface area contributed by atoms with Gasteiger partial charge in [-0.25, -0.2) is 12.7 Å². The Morgan fingerprint density at radius 2 is 2.12 bits per heavy atom. The highest BCUT2D eigenvalue weighted by Gasteiger charge is 2.19. The van der Waals surface area contributed by atoms with Gasteiger partial charge in [0.25, 0.3) is 5.91 Å². The van der Waals surface area contributed by atoms with E-state index in [9.17, 15) is 13.2 Å². The van der Waals surface area contributed by atoms with Crippen molar-refractivity contribution in [1.29, 1.82) is 0 Å². The summed E-state index contributed by atoms with van der Waals surface area (Å²) in [5.41, 5.74) is 0.370. The molecule has 1 fully saturated rings. The lowest BCUT2D eigenvalue weighted by Gasteiger charge is -2.30. The van der Waals surface area contributed by atoms with Gasteiger partial charge in [0.1, 0.15) is 0 Å². The molecule has 140 valence electrons. The molecule has 1 aliphatic rings. The van der Waals surface area contributed by atoms with Gasteiger partial charge in [0, 0.05) is 32.7 Å². The second-order valence-corrected chi connectivity index (χ2v) is 9.12. The Bertz CT molecular complexity index is 689. The van der Waals surface area contributed by atoms with E-state index in [1.54, 1.807) is 12.1 Å². The van der Waals surface area contributed by atoms with Gasteiger partial charge in [0.15, 0.2) is 0 Å². The normalized spacial score (nSPS) is 19.1. The van der Waals surface area contributed by atoms with E-state index in [-0.39, 0.29) is 10.8 Å². The van der Waals surface area contributed by atoms with Crippen LogP contribution in [0, 0.1) is 5.92 Å². The fraction of sp³-hybridized carbons (Fsp3) is 0.611. The summed E-state index contributed by atoms with van der Waals surface area (Å²) in [7, 11) is -0.580. The number of piperidine rings is 1. The van der Waals surface area contributed by atoms with Crippen LogP contribution in [0.25, 0.3) is 0 Å². The van der Waals surface area contributed by atoms with Gasteiger partial charge in [-0.05, 0) is 56.5 Å². The zero-order valence-electron chi connectivity index (χ0n) is 15.4. The molecule has 1 N–H and O–H groups in total. The molecule has 2 rings (SSSR count). The van der Waals surface area contributed by atoms with Gasteiger partial charge in [0.2, 0.25) is 10.0 Å². The molecule has 6 nitrogen and oxygen atoms in total. The summed E-state index contributed by atoms with van der Waals surface area (Å²) >= 11 is 0. The fourth-order valence-corrected chi connectivity index (χ4v) is 4.05. The molecule has 1 saturated heterocycles. The van der Waals surface area contributed by atoms with Crippen LogP contribution in [0.1, 0.15) is 36.5 Å². The molecule has 0 spiro atoms. The molecule has 0 unspecified atom stereocenters. The maximum atomic E-state index is 12.3. The van der Waals surface area contributed by atoms with Crippen molar-refractivity contribution in [2.75, 3.05) is 40.3 Å². The van der Waals surface area contributed by atoms with Crippen molar-refractivity contribution >= 4 is 15.9 Å². The fourth-order valence-electron chi connectivity index (χ4n) is 3.11. The van der Waals surface area contributed by atoms with E-state index in [0.29, 0.717) is 12.1 Å². The Morgan fingerprint density at radius 3 is 2.80 bits per heavy atom. The molecule has 0 saturated carbocycles. The number of hydrogen-bond acceptors (Lipinski definition) is 4. The number of amides is 1. The lowest BCUT2D eigenvalue weighted by molar-refractivity contribution is 0.0950. The van der Waals surface area contributed by atoms with Gasteiger partial charge in [-0.1, -0.05) is 13.0 Å². The average molecular weight is 368 g/mol. The summed E-state index contributed by atoms with van der Waals surface area (Å²) in [4.78, 5) is 14.8. The number of hydrogen-bond donors (Lipinski definition) is 1. The Kier molecular flexibility index (Phi) is 6.98. The van der Waals surface area contributed by atoms with Gasteiger partial charge in [-0.15, -0.1) is 0 Å². The van der Waals surface area contributed by atoms with Gasteiger partial charge in [0.05, 0.1) is 4.90 Å². The van der Waals surface area contributed by atoms with E-state index in [1.807, 2.05) is 0 Å². The zero-order chi connectivity index (χ0) is 18.4. The van der Waals surface area contributed by atoms with E-state index >= 15 is 0 Å². The van der Waals surface area contributed by atoms with E-state index in [0.717, 1.165) is 36.3 Å². The molecule has 1 atom stereocenters. The molecule has 1 aromatic carbocycles. The highest BCUT2D eigenvalue weighted by Crippen LogP contribution is 2.16. The lowest BCUT2D eigenvalue weighted by Crippen LogP contribution is -2.36. The maximum absolute atomic E-state index is 12.3. The molecular weight excluding hydrogens is 338 g/mol. The van der Waals surface area contributed by atoms with Crippen molar-refractivity contribution in [2.24, 2.45) is 5.92 Å². The van der Waals surface area contributed by atoms with E-state index in [2.05, 4.69) is 17.1 Å². The summed E-state index contributed by atoms with van der Waals surface area (Å²) in [6, 6.07) is 6.16. The van der Waals surface area contributed by atoms with Crippen molar-refractivity contribution in [3.05, 3.63) is 29.8 Å². The number of rotatable bonds is 7. The highest BCUT2D eigenvalue weighted by atomic mass is 32.2. The smallest absolute Gasteiger partial charge is 0.251 e. The van der Waals surface area contributed by atoms with Crippen LogP contribution in [0.3, 0.4) is 0 Å². The number of nitrogens with zero attached hydrogens (tertiary/aromatic N) is 2. The average Bonchev–Trinajstić information content (AvgIpc) is 2.58. The minimum Gasteiger partial charge on any atom is -0.352 e. The van der Waals surface area contributed by atoms with Crippen LogP contribution in [-0.4, -0.2) is 63.8 Å². The van der Waals surface area contributed by atoms with E-state index in [1.165, 1.54) is 39.1 Å². The van der Waals surface area contributed by atoms with Crippen molar-refractivity contribution in [1.82, 2.24) is 14.5 Å². The predicted molar refractivity (Wildman–Crippen MR) is 99.1 cm³/mol. The minimum absolute atomic E-state index is 0.132. The Labute approximate surface area is 151 Å². The minimum atomic E-state index is -3.53. The summed E-state index contributed by atoms with van der Waals surface area (Å²) in [5.74, 6) is 0.521. The van der Waals surface area contributed by atoms with Crippen LogP contribution in [0.5, 0.6) is 0 Å². The van der Waals surface area contributed by atoms with Crippen LogP contribution < -0.4 is 5.32 Å². The lowest BCUT2D eigenvalue weighted by atomic mass is 10.0. The molecule has 0 aromatic heterocycles. The van der Waals surface area contributed by atoms with Crippen LogP contribution in [-0.2, 0) is 10.0 Å². The zero-order valence-corrected chi connectivity index (χ0v) is 16.2. The molecule has 7 heteroatoms. The first-order valence-electron chi connectivity index (χ1n) is 8.84. The van der Waals surface area contributed by atoms with Crippen molar-refractivity contribution in [3.8, 4) is 0 Å². The summed E-state index contributed by atoms with van der Waals surface area (Å²) < 4.78 is 25.5. The number of likely N-dealkylation sites (tertiary alicyclic amines) is 1. The third-order valence-corrected chi connectivity index (χ3v) is 6.36. The van der Waals surface area contributed by atoms with Crippen LogP contribution in [0.4, 0.5) is 0 Å². The van der Waals surface area contributed by atoms with Crippen molar-refractivity contribution in [3.63, 3.8) is 0 Å². The largest absolute Gasteiger partial charge is 0.352 e. The third kappa shape index (κ3) is 5.52. The monoisotopic (exact) mass is 367 g/mol. The van der Waals surface area contributed by atoms with Crippen molar-refractivity contribution in [2.45, 2.75) is 31.1 Å². The summed E-state index contributed by atoms with van der Waals surface area (Å²) in [6.45, 7) is 6.14. The van der Waals surface area contributed by atoms with E-state index in [4.69, 9.17) is 0 Å². The van der Waals surface area contributed by atoms with Crippen LogP contribution in [0.15, 0.2) is 29.2 Å². The molecular formula is C18H29N3O3S. The number of carbonyl (C=O) groups is 1. The standard InChI is InChI=1S/C18H29N3O3S/c1-15-7-5-11-21(14-15)12-6-10-19-18(22)16-8-4-9-17(13-16)25(23,24)20(2)3/h4,8-9,13,15H,5-7,10-12,14H2,1-3H3,(H,19,22)/t15-/m1/s1. The molecule has 1 amide bonds. The summed E-state index contributed by atoms with van der Waals surface area (Å²) in [6.07, 6.45) is 3.45. The van der Waals surface area contributed by atoms with Crippen LogP contribution in [0.2, 0.25) is 0 Å². The molecule has 25 heavy (non-hydrogen) atoms. The predicted octanol–water partition coefficient (Wildman–Crippen LogP) is 1.79. The maximum Gasteiger partial charge on any atom is 0.251 e. The number of benzene rings is 1. The number of nitrogens with one attached hydrogen (secondary N) is 1. The van der Waals surface area contributed by atoms with Gasteiger partial charge < -0.3 is 10.2 Å². The van der Waals surface area contributed by atoms with Gasteiger partial charge in [-0.2, -0.15) is 0 Å². The molecule has 0 aliphatic carbocycles. The molecule has 0 radical (unpaired) electrons. The highest BCUT2D eigenvalue weighted by molar-refractivity contribution is 7.89. The number of carbonyl (C=O) groups excluding carboxylic acids is 1. The molecule has 1 aromatic rings. The SMILES string of the molecule is C[C@@H]1CCCN(CCCNC(=O)c2cccc(S(=O)(=O)N(C)C)c2)C1. The molecule has 0 bridgehead atoms. The second-order valence-electron chi connectivity index (χ2n) is 6.97. The first kappa shape index (κ1) is 19.9. The molecule has 1 aliphatic heterocycles. The molecule has 1 heterocycles. The van der Waals surface area contributed by atoms with Crippen LogP contribution >= 0.6 is 0 Å².